The summed E-state index contributed by atoms with van der Waals surface area (Å²) in [6.45, 7) is 1.27. The molecule has 1 aromatic heterocycles. The van der Waals surface area contributed by atoms with Gasteiger partial charge in [-0.25, -0.2) is 0 Å². The predicted octanol–water partition coefficient (Wildman–Crippen LogP) is 4.42. The van der Waals surface area contributed by atoms with Crippen LogP contribution < -0.4 is 4.74 Å². The Morgan fingerprint density at radius 2 is 2.07 bits per heavy atom. The van der Waals surface area contributed by atoms with Gasteiger partial charge in [0.05, 0.1) is 13.0 Å². The largest absolute Gasteiger partial charge is 0.497 e. The number of nitrogens with zero attached hydrogens (tertiary/aromatic N) is 3. The van der Waals surface area contributed by atoms with Gasteiger partial charge in [-0.1, -0.05) is 22.8 Å². The first kappa shape index (κ1) is 18.5. The van der Waals surface area contributed by atoms with Crippen LogP contribution in [0.25, 0.3) is 11.4 Å². The Morgan fingerprint density at radius 1 is 1.25 bits per heavy atom. The van der Waals surface area contributed by atoms with Crippen molar-refractivity contribution in [1.29, 1.82) is 0 Å². The van der Waals surface area contributed by atoms with E-state index in [-0.39, 0.29) is 11.8 Å². The number of amides is 1. The highest BCUT2D eigenvalue weighted by atomic mass is 35.5. The molecule has 1 aliphatic rings. The van der Waals surface area contributed by atoms with Crippen molar-refractivity contribution in [3.05, 3.63) is 65.0 Å². The maximum atomic E-state index is 12.9. The molecular weight excluding hydrogens is 378 g/mol. The summed E-state index contributed by atoms with van der Waals surface area (Å²) in [4.78, 5) is 19.3. The van der Waals surface area contributed by atoms with Crippen LogP contribution in [-0.4, -0.2) is 41.1 Å². The van der Waals surface area contributed by atoms with Crippen LogP contribution in [0.5, 0.6) is 5.75 Å². The Labute approximate surface area is 168 Å². The lowest BCUT2D eigenvalue weighted by Gasteiger charge is -2.31. The highest BCUT2D eigenvalue weighted by Gasteiger charge is 2.29. The second kappa shape index (κ2) is 8.02. The molecule has 0 saturated carbocycles. The Bertz CT molecular complexity index is 971. The standard InChI is InChI=1S/C21H20ClN3O3/c1-27-18-6-2-4-15(12-18)21(26)25-11-3-5-16(13-25)20-23-19(24-28-20)14-7-9-17(22)10-8-14/h2,4,6-10,12,16H,3,5,11,13H2,1H3/t16-/m1/s1. The van der Waals surface area contributed by atoms with Crippen molar-refractivity contribution in [3.8, 4) is 17.1 Å². The smallest absolute Gasteiger partial charge is 0.254 e. The summed E-state index contributed by atoms with van der Waals surface area (Å²) in [5.41, 5.74) is 1.46. The third-order valence-electron chi connectivity index (χ3n) is 4.92. The molecule has 2 aromatic carbocycles. The van der Waals surface area contributed by atoms with Crippen LogP contribution in [-0.2, 0) is 0 Å². The van der Waals surface area contributed by atoms with Crippen molar-refractivity contribution >= 4 is 17.5 Å². The highest BCUT2D eigenvalue weighted by Crippen LogP contribution is 2.29. The fourth-order valence-electron chi connectivity index (χ4n) is 3.42. The van der Waals surface area contributed by atoms with Crippen molar-refractivity contribution in [3.63, 3.8) is 0 Å². The number of rotatable bonds is 4. The molecule has 0 radical (unpaired) electrons. The molecule has 0 N–H and O–H groups in total. The van der Waals surface area contributed by atoms with Crippen molar-refractivity contribution in [1.82, 2.24) is 15.0 Å². The number of halogens is 1. The molecule has 28 heavy (non-hydrogen) atoms. The van der Waals surface area contributed by atoms with Crippen LogP contribution in [0.2, 0.25) is 5.02 Å². The van der Waals surface area contributed by atoms with E-state index in [1.54, 1.807) is 31.4 Å². The van der Waals surface area contributed by atoms with Crippen molar-refractivity contribution in [2.24, 2.45) is 0 Å². The molecule has 0 spiro atoms. The van der Waals surface area contributed by atoms with Crippen molar-refractivity contribution in [2.45, 2.75) is 18.8 Å². The summed E-state index contributed by atoms with van der Waals surface area (Å²) in [6.07, 6.45) is 1.79. The van der Waals surface area contributed by atoms with Crippen molar-refractivity contribution in [2.75, 3.05) is 20.2 Å². The summed E-state index contributed by atoms with van der Waals surface area (Å²) in [5, 5.41) is 4.75. The second-order valence-corrected chi connectivity index (χ2v) is 7.22. The van der Waals surface area contributed by atoms with Gasteiger partial charge in [-0.05, 0) is 55.3 Å². The topological polar surface area (TPSA) is 68.5 Å². The maximum Gasteiger partial charge on any atom is 0.254 e. The van der Waals surface area contributed by atoms with Gasteiger partial charge in [-0.3, -0.25) is 4.79 Å². The number of carbonyl (C=O) groups excluding carboxylic acids is 1. The predicted molar refractivity (Wildman–Crippen MR) is 106 cm³/mol. The minimum atomic E-state index is -0.0129. The van der Waals surface area contributed by atoms with Gasteiger partial charge in [0.1, 0.15) is 5.75 Å². The van der Waals surface area contributed by atoms with Gasteiger partial charge in [-0.15, -0.1) is 0 Å². The second-order valence-electron chi connectivity index (χ2n) is 6.79. The van der Waals surface area contributed by atoms with Gasteiger partial charge in [0.2, 0.25) is 11.7 Å². The molecule has 1 atom stereocenters. The molecule has 1 aliphatic heterocycles. The minimum absolute atomic E-state index is 0.0129. The van der Waals surface area contributed by atoms with E-state index in [0.717, 1.165) is 18.4 Å². The molecule has 3 aromatic rings. The lowest BCUT2D eigenvalue weighted by Crippen LogP contribution is -2.39. The third kappa shape index (κ3) is 3.87. The van der Waals surface area contributed by atoms with E-state index >= 15 is 0 Å². The first-order chi connectivity index (χ1) is 13.6. The highest BCUT2D eigenvalue weighted by molar-refractivity contribution is 6.30. The van der Waals surface area contributed by atoms with Crippen LogP contribution in [0.1, 0.15) is 35.0 Å². The molecule has 144 valence electrons. The molecule has 0 aliphatic carbocycles. The number of piperidine rings is 1. The average molecular weight is 398 g/mol. The first-order valence-electron chi connectivity index (χ1n) is 9.17. The summed E-state index contributed by atoms with van der Waals surface area (Å²) in [5.74, 6) is 1.78. The van der Waals surface area contributed by atoms with Gasteiger partial charge < -0.3 is 14.2 Å². The quantitative estimate of drug-likeness (QED) is 0.651. The fourth-order valence-corrected chi connectivity index (χ4v) is 3.55. The molecule has 4 rings (SSSR count). The number of aromatic nitrogens is 2. The Balaban J connectivity index is 1.49. The summed E-state index contributed by atoms with van der Waals surface area (Å²) in [7, 11) is 1.59. The van der Waals surface area contributed by atoms with Gasteiger partial charge in [-0.2, -0.15) is 4.98 Å². The number of hydrogen-bond donors (Lipinski definition) is 0. The number of likely N-dealkylation sites (tertiary alicyclic amines) is 1. The zero-order valence-electron chi connectivity index (χ0n) is 15.5. The number of methoxy groups -OCH3 is 1. The van der Waals surface area contributed by atoms with Gasteiger partial charge >= 0.3 is 0 Å². The van der Waals surface area contributed by atoms with Crippen molar-refractivity contribution < 1.29 is 14.1 Å². The zero-order valence-corrected chi connectivity index (χ0v) is 16.2. The van der Waals surface area contributed by atoms with Gasteiger partial charge in [0.25, 0.3) is 5.91 Å². The molecule has 1 fully saturated rings. The Morgan fingerprint density at radius 3 is 2.86 bits per heavy atom. The van der Waals surface area contributed by atoms with E-state index in [1.807, 2.05) is 29.2 Å². The van der Waals surface area contributed by atoms with E-state index in [2.05, 4.69) is 10.1 Å². The molecule has 2 heterocycles. The molecule has 1 amide bonds. The van der Waals surface area contributed by atoms with E-state index < -0.39 is 0 Å². The molecule has 0 unspecified atom stereocenters. The SMILES string of the molecule is COc1cccc(C(=O)N2CCC[C@@H](c3nc(-c4ccc(Cl)cc4)no3)C2)c1. The number of hydrogen-bond acceptors (Lipinski definition) is 5. The maximum absolute atomic E-state index is 12.9. The Kier molecular flexibility index (Phi) is 5.30. The molecule has 1 saturated heterocycles. The zero-order chi connectivity index (χ0) is 19.5. The molecule has 7 heteroatoms. The van der Waals surface area contributed by atoms with Gasteiger partial charge in [0, 0.05) is 29.2 Å². The van der Waals surface area contributed by atoms with Crippen LogP contribution in [0.3, 0.4) is 0 Å². The Hall–Kier alpha value is -2.86. The lowest BCUT2D eigenvalue weighted by molar-refractivity contribution is 0.0695. The van der Waals surface area contributed by atoms with Crippen LogP contribution in [0, 0.1) is 0 Å². The number of carbonyl (C=O) groups is 1. The first-order valence-corrected chi connectivity index (χ1v) is 9.54. The third-order valence-corrected chi connectivity index (χ3v) is 5.17. The fraction of sp³-hybridized carbons (Fsp3) is 0.286. The molecule has 0 bridgehead atoms. The normalized spacial score (nSPS) is 16.8. The lowest BCUT2D eigenvalue weighted by atomic mass is 9.97. The summed E-state index contributed by atoms with van der Waals surface area (Å²) in [6, 6.07) is 14.5. The minimum Gasteiger partial charge on any atom is -0.497 e. The number of ether oxygens (including phenoxy) is 1. The van der Waals surface area contributed by atoms with Gasteiger partial charge in [0.15, 0.2) is 0 Å². The molecule has 6 nitrogen and oxygen atoms in total. The number of benzene rings is 2. The average Bonchev–Trinajstić information content (AvgIpc) is 3.24. The van der Waals surface area contributed by atoms with Crippen LogP contribution in [0.4, 0.5) is 0 Å². The van der Waals surface area contributed by atoms with Crippen LogP contribution in [0.15, 0.2) is 53.1 Å². The summed E-state index contributed by atoms with van der Waals surface area (Å²) < 4.78 is 10.7. The van der Waals surface area contributed by atoms with E-state index in [9.17, 15) is 4.79 Å². The van der Waals surface area contributed by atoms with E-state index in [1.165, 1.54) is 0 Å². The van der Waals surface area contributed by atoms with E-state index in [0.29, 0.717) is 41.1 Å². The summed E-state index contributed by atoms with van der Waals surface area (Å²) >= 11 is 5.93. The van der Waals surface area contributed by atoms with E-state index in [4.69, 9.17) is 20.9 Å². The van der Waals surface area contributed by atoms with Crippen LogP contribution >= 0.6 is 11.6 Å². The monoisotopic (exact) mass is 397 g/mol. The molecular formula is C21H20ClN3O3.